The number of ether oxygens (including phenoxy) is 1. The van der Waals surface area contributed by atoms with Gasteiger partial charge in [0.1, 0.15) is 6.10 Å². The third-order valence-electron chi connectivity index (χ3n) is 2.40. The molecule has 0 aliphatic carbocycles. The molecule has 1 aromatic carbocycles. The van der Waals surface area contributed by atoms with Gasteiger partial charge >= 0.3 is 0 Å². The van der Waals surface area contributed by atoms with Crippen molar-refractivity contribution in [2.24, 2.45) is 0 Å². The lowest BCUT2D eigenvalue weighted by Crippen LogP contribution is -2.44. The molecule has 1 amide bonds. The molecule has 2 atom stereocenters. The second-order valence-corrected chi connectivity index (χ2v) is 3.45. The highest BCUT2D eigenvalue weighted by atomic mass is 16.5. The molecule has 1 aromatic rings. The summed E-state index contributed by atoms with van der Waals surface area (Å²) in [4.78, 5) is 11.3. The van der Waals surface area contributed by atoms with Crippen molar-refractivity contribution in [2.75, 3.05) is 6.61 Å². The van der Waals surface area contributed by atoms with E-state index in [0.717, 1.165) is 5.56 Å². The maximum absolute atomic E-state index is 11.3. The first-order valence-electron chi connectivity index (χ1n) is 4.74. The van der Waals surface area contributed by atoms with Crippen molar-refractivity contribution in [3.63, 3.8) is 0 Å². The van der Waals surface area contributed by atoms with Gasteiger partial charge in [-0.2, -0.15) is 0 Å². The van der Waals surface area contributed by atoms with Crippen LogP contribution in [-0.2, 0) is 9.53 Å². The number of carbonyl (C=O) groups is 1. The quantitative estimate of drug-likeness (QED) is 0.725. The SMILES string of the molecule is C[C@@H]1OC[C@H](c2ccccc2)NC1=O. The van der Waals surface area contributed by atoms with Crippen LogP contribution in [0.5, 0.6) is 0 Å². The molecular formula is C11H13NO2. The van der Waals surface area contributed by atoms with Gasteiger partial charge in [0.15, 0.2) is 0 Å². The second kappa shape index (κ2) is 3.80. The molecule has 0 bridgehead atoms. The van der Waals surface area contributed by atoms with Crippen molar-refractivity contribution < 1.29 is 9.53 Å². The average molecular weight is 191 g/mol. The lowest BCUT2D eigenvalue weighted by Gasteiger charge is -2.27. The van der Waals surface area contributed by atoms with Crippen molar-refractivity contribution in [1.82, 2.24) is 5.32 Å². The van der Waals surface area contributed by atoms with Gasteiger partial charge in [-0.05, 0) is 12.5 Å². The molecule has 1 aliphatic rings. The molecule has 1 N–H and O–H groups in total. The summed E-state index contributed by atoms with van der Waals surface area (Å²) in [6.07, 6.45) is -0.324. The van der Waals surface area contributed by atoms with E-state index in [1.54, 1.807) is 6.92 Å². The van der Waals surface area contributed by atoms with E-state index < -0.39 is 0 Å². The minimum atomic E-state index is -0.324. The minimum Gasteiger partial charge on any atom is -0.366 e. The van der Waals surface area contributed by atoms with Crippen molar-refractivity contribution in [3.8, 4) is 0 Å². The van der Waals surface area contributed by atoms with Gasteiger partial charge in [0.2, 0.25) is 5.91 Å². The zero-order valence-corrected chi connectivity index (χ0v) is 8.07. The predicted octanol–water partition coefficient (Wildman–Crippen LogP) is 1.26. The molecule has 74 valence electrons. The maximum Gasteiger partial charge on any atom is 0.249 e. The van der Waals surface area contributed by atoms with Crippen LogP contribution in [-0.4, -0.2) is 18.6 Å². The predicted molar refractivity (Wildman–Crippen MR) is 52.7 cm³/mol. The normalized spacial score (nSPS) is 27.1. The number of carbonyl (C=O) groups excluding carboxylic acids is 1. The Morgan fingerprint density at radius 2 is 2.07 bits per heavy atom. The molecule has 0 spiro atoms. The molecule has 0 unspecified atom stereocenters. The number of rotatable bonds is 1. The molecule has 2 rings (SSSR count). The van der Waals surface area contributed by atoms with E-state index in [9.17, 15) is 4.79 Å². The highest BCUT2D eigenvalue weighted by Gasteiger charge is 2.25. The monoisotopic (exact) mass is 191 g/mol. The molecule has 3 nitrogen and oxygen atoms in total. The molecule has 1 saturated heterocycles. The lowest BCUT2D eigenvalue weighted by molar-refractivity contribution is -0.139. The third kappa shape index (κ3) is 1.77. The van der Waals surface area contributed by atoms with Gasteiger partial charge in [-0.1, -0.05) is 30.3 Å². The van der Waals surface area contributed by atoms with Gasteiger partial charge in [-0.15, -0.1) is 0 Å². The summed E-state index contributed by atoms with van der Waals surface area (Å²) < 4.78 is 5.35. The number of benzene rings is 1. The molecule has 0 radical (unpaired) electrons. The van der Waals surface area contributed by atoms with E-state index in [2.05, 4.69) is 5.32 Å². The summed E-state index contributed by atoms with van der Waals surface area (Å²) in [5, 5.41) is 2.92. The van der Waals surface area contributed by atoms with E-state index in [1.807, 2.05) is 30.3 Å². The van der Waals surface area contributed by atoms with Crippen LogP contribution in [0.15, 0.2) is 30.3 Å². The highest BCUT2D eigenvalue weighted by molar-refractivity contribution is 5.81. The molecule has 1 aliphatic heterocycles. The van der Waals surface area contributed by atoms with Crippen molar-refractivity contribution in [1.29, 1.82) is 0 Å². The number of nitrogens with one attached hydrogen (secondary N) is 1. The maximum atomic E-state index is 11.3. The van der Waals surface area contributed by atoms with Crippen LogP contribution in [0.2, 0.25) is 0 Å². The Balaban J connectivity index is 2.11. The smallest absolute Gasteiger partial charge is 0.249 e. The molecule has 1 heterocycles. The Morgan fingerprint density at radius 1 is 1.36 bits per heavy atom. The topological polar surface area (TPSA) is 38.3 Å². The van der Waals surface area contributed by atoms with E-state index in [4.69, 9.17) is 4.74 Å². The Kier molecular flexibility index (Phi) is 2.50. The Labute approximate surface area is 83.1 Å². The summed E-state index contributed by atoms with van der Waals surface area (Å²) in [6, 6.07) is 9.85. The first-order chi connectivity index (χ1) is 6.77. The fourth-order valence-corrected chi connectivity index (χ4v) is 1.51. The fraction of sp³-hybridized carbons (Fsp3) is 0.364. The molecule has 14 heavy (non-hydrogen) atoms. The number of hydrogen-bond donors (Lipinski definition) is 1. The highest BCUT2D eigenvalue weighted by Crippen LogP contribution is 2.17. The Bertz CT molecular complexity index is 323. The summed E-state index contributed by atoms with van der Waals surface area (Å²) in [5.74, 6) is -0.0369. The van der Waals surface area contributed by atoms with E-state index in [0.29, 0.717) is 6.61 Å². The minimum absolute atomic E-state index is 0.0000926. The molecule has 0 aromatic heterocycles. The van der Waals surface area contributed by atoms with Gasteiger partial charge < -0.3 is 10.1 Å². The van der Waals surface area contributed by atoms with Crippen molar-refractivity contribution in [2.45, 2.75) is 19.1 Å². The van der Waals surface area contributed by atoms with Gasteiger partial charge in [0, 0.05) is 0 Å². The van der Waals surface area contributed by atoms with Crippen LogP contribution in [0.1, 0.15) is 18.5 Å². The standard InChI is InChI=1S/C11H13NO2/c1-8-11(13)12-10(7-14-8)9-5-3-2-4-6-9/h2-6,8,10H,7H2,1H3,(H,12,13)/t8-,10+/m0/s1. The van der Waals surface area contributed by atoms with Gasteiger partial charge in [-0.3, -0.25) is 4.79 Å². The van der Waals surface area contributed by atoms with E-state index in [-0.39, 0.29) is 18.1 Å². The Morgan fingerprint density at radius 3 is 2.71 bits per heavy atom. The number of morpholine rings is 1. The molecule has 1 fully saturated rings. The number of hydrogen-bond acceptors (Lipinski definition) is 2. The van der Waals surface area contributed by atoms with Crippen LogP contribution in [0, 0.1) is 0 Å². The van der Waals surface area contributed by atoms with Gasteiger partial charge in [-0.25, -0.2) is 0 Å². The van der Waals surface area contributed by atoms with Crippen LogP contribution < -0.4 is 5.32 Å². The third-order valence-corrected chi connectivity index (χ3v) is 2.40. The van der Waals surface area contributed by atoms with Crippen molar-refractivity contribution in [3.05, 3.63) is 35.9 Å². The average Bonchev–Trinajstić information content (AvgIpc) is 2.23. The van der Waals surface area contributed by atoms with Crippen LogP contribution in [0.4, 0.5) is 0 Å². The summed E-state index contributed by atoms with van der Waals surface area (Å²) in [7, 11) is 0. The molecule has 3 heteroatoms. The van der Waals surface area contributed by atoms with Crippen LogP contribution in [0.3, 0.4) is 0 Å². The van der Waals surface area contributed by atoms with Gasteiger partial charge in [0.25, 0.3) is 0 Å². The van der Waals surface area contributed by atoms with Gasteiger partial charge in [0.05, 0.1) is 12.6 Å². The summed E-state index contributed by atoms with van der Waals surface area (Å²) in [5.41, 5.74) is 1.09. The molecule has 0 saturated carbocycles. The Hall–Kier alpha value is -1.35. The van der Waals surface area contributed by atoms with E-state index in [1.165, 1.54) is 0 Å². The zero-order chi connectivity index (χ0) is 9.97. The van der Waals surface area contributed by atoms with Crippen LogP contribution >= 0.6 is 0 Å². The van der Waals surface area contributed by atoms with E-state index >= 15 is 0 Å². The fourth-order valence-electron chi connectivity index (χ4n) is 1.51. The summed E-state index contributed by atoms with van der Waals surface area (Å²) in [6.45, 7) is 2.31. The van der Waals surface area contributed by atoms with Crippen LogP contribution in [0.25, 0.3) is 0 Å². The first-order valence-corrected chi connectivity index (χ1v) is 4.74. The zero-order valence-electron chi connectivity index (χ0n) is 8.07. The lowest BCUT2D eigenvalue weighted by atomic mass is 10.1. The number of amides is 1. The van der Waals surface area contributed by atoms with Crippen molar-refractivity contribution >= 4 is 5.91 Å². The largest absolute Gasteiger partial charge is 0.366 e. The summed E-state index contributed by atoms with van der Waals surface area (Å²) >= 11 is 0. The molecular weight excluding hydrogens is 178 g/mol. The second-order valence-electron chi connectivity index (χ2n) is 3.45. The first kappa shape index (κ1) is 9.21.